The van der Waals surface area contributed by atoms with Crippen LogP contribution >= 0.6 is 11.8 Å². The molecule has 1 saturated heterocycles. The highest BCUT2D eigenvalue weighted by molar-refractivity contribution is 7.99. The van der Waals surface area contributed by atoms with E-state index in [-0.39, 0.29) is 29.2 Å². The fraction of sp³-hybridized carbons (Fsp3) is 0.292. The van der Waals surface area contributed by atoms with Crippen LogP contribution in [0.3, 0.4) is 0 Å². The van der Waals surface area contributed by atoms with Crippen LogP contribution in [0.5, 0.6) is 0 Å². The first kappa shape index (κ1) is 22.7. The van der Waals surface area contributed by atoms with Crippen LogP contribution in [0.2, 0.25) is 0 Å². The zero-order valence-corrected chi connectivity index (χ0v) is 20.6. The minimum absolute atomic E-state index is 0.0318. The third-order valence-electron chi connectivity index (χ3n) is 6.20. The lowest BCUT2D eigenvalue weighted by atomic mass is 10.1. The van der Waals surface area contributed by atoms with Gasteiger partial charge < -0.3 is 9.88 Å². The predicted molar refractivity (Wildman–Crippen MR) is 134 cm³/mol. The Bertz CT molecular complexity index is 1470. The molecule has 10 heteroatoms. The Hall–Kier alpha value is -3.11. The zero-order valence-electron chi connectivity index (χ0n) is 18.9. The maximum absolute atomic E-state index is 12.9. The molecule has 1 unspecified atom stereocenters. The number of hydrogen-bond acceptors (Lipinski definition) is 6. The third-order valence-corrected chi connectivity index (χ3v) is 8.86. The molecule has 4 aromatic rings. The summed E-state index contributed by atoms with van der Waals surface area (Å²) in [5.74, 6) is 0.875. The number of aromatic nitrogens is 4. The number of nitrogens with one attached hydrogen (secondary N) is 1. The number of nitrogens with zero attached hydrogens (tertiary/aromatic N) is 4. The number of aryl methyl sites for hydroxylation is 1. The van der Waals surface area contributed by atoms with E-state index in [1.54, 1.807) is 11.9 Å². The molecule has 1 aliphatic heterocycles. The Kier molecular flexibility index (Phi) is 5.95. The van der Waals surface area contributed by atoms with Crippen LogP contribution in [-0.2, 0) is 14.6 Å². The van der Waals surface area contributed by atoms with Gasteiger partial charge in [-0.3, -0.25) is 9.36 Å². The topological polar surface area (TPSA) is 101 Å². The van der Waals surface area contributed by atoms with E-state index in [4.69, 9.17) is 0 Å². The SMILES string of the molecule is Cc1cccc(-n2c(SCC(=O)N(C)C3CCS(=O)(=O)C3)nnc2-c2c[nH]c3ccccc23)c1. The normalized spacial score (nSPS) is 17.3. The molecule has 176 valence electrons. The summed E-state index contributed by atoms with van der Waals surface area (Å²) >= 11 is 1.30. The molecular weight excluding hydrogens is 470 g/mol. The lowest BCUT2D eigenvalue weighted by Gasteiger charge is -2.23. The number of para-hydroxylation sites is 1. The van der Waals surface area contributed by atoms with Crippen molar-refractivity contribution in [2.45, 2.75) is 24.5 Å². The summed E-state index contributed by atoms with van der Waals surface area (Å²) in [6.07, 6.45) is 2.41. The predicted octanol–water partition coefficient (Wildman–Crippen LogP) is 3.46. The summed E-state index contributed by atoms with van der Waals surface area (Å²) in [6.45, 7) is 2.03. The molecule has 1 atom stereocenters. The second-order valence-electron chi connectivity index (χ2n) is 8.58. The molecule has 8 nitrogen and oxygen atoms in total. The average molecular weight is 496 g/mol. The van der Waals surface area contributed by atoms with Crippen LogP contribution in [0, 0.1) is 6.92 Å². The summed E-state index contributed by atoms with van der Waals surface area (Å²) < 4.78 is 25.6. The summed E-state index contributed by atoms with van der Waals surface area (Å²) in [4.78, 5) is 17.7. The van der Waals surface area contributed by atoms with Crippen molar-refractivity contribution in [3.63, 3.8) is 0 Å². The molecule has 2 aromatic carbocycles. The van der Waals surface area contributed by atoms with E-state index in [1.165, 1.54) is 11.8 Å². The minimum atomic E-state index is -3.06. The molecule has 1 aliphatic rings. The fourth-order valence-electron chi connectivity index (χ4n) is 4.31. The van der Waals surface area contributed by atoms with E-state index < -0.39 is 9.84 Å². The Morgan fingerprint density at radius 3 is 2.79 bits per heavy atom. The highest BCUT2D eigenvalue weighted by atomic mass is 32.2. The molecule has 0 aliphatic carbocycles. The molecule has 0 saturated carbocycles. The number of benzene rings is 2. The largest absolute Gasteiger partial charge is 0.360 e. The van der Waals surface area contributed by atoms with Gasteiger partial charge in [0.2, 0.25) is 5.91 Å². The number of amides is 1. The number of fused-ring (bicyclic) bond motifs is 1. The molecule has 0 radical (unpaired) electrons. The maximum Gasteiger partial charge on any atom is 0.233 e. The second-order valence-corrected chi connectivity index (χ2v) is 11.7. The molecule has 2 aromatic heterocycles. The molecular formula is C24H25N5O3S2. The average Bonchev–Trinajstić information content (AvgIpc) is 3.52. The van der Waals surface area contributed by atoms with E-state index in [0.29, 0.717) is 17.4 Å². The number of carbonyl (C=O) groups excluding carboxylic acids is 1. The number of aromatic amines is 1. The Morgan fingerprint density at radius 2 is 2.03 bits per heavy atom. The first-order chi connectivity index (χ1) is 16.3. The Morgan fingerprint density at radius 1 is 1.21 bits per heavy atom. The second kappa shape index (κ2) is 8.92. The van der Waals surface area contributed by atoms with E-state index in [9.17, 15) is 13.2 Å². The van der Waals surface area contributed by atoms with Crippen molar-refractivity contribution in [1.82, 2.24) is 24.6 Å². The molecule has 0 spiro atoms. The van der Waals surface area contributed by atoms with Crippen molar-refractivity contribution in [3.8, 4) is 17.1 Å². The first-order valence-corrected chi connectivity index (χ1v) is 13.8. The zero-order chi connectivity index (χ0) is 23.9. The lowest BCUT2D eigenvalue weighted by molar-refractivity contribution is -0.128. The van der Waals surface area contributed by atoms with Gasteiger partial charge in [-0.1, -0.05) is 42.1 Å². The van der Waals surface area contributed by atoms with Crippen molar-refractivity contribution in [1.29, 1.82) is 0 Å². The number of thioether (sulfide) groups is 1. The van der Waals surface area contributed by atoms with E-state index in [0.717, 1.165) is 27.7 Å². The number of rotatable bonds is 6. The molecule has 1 amide bonds. The van der Waals surface area contributed by atoms with Gasteiger partial charge in [0.1, 0.15) is 0 Å². The molecule has 1 N–H and O–H groups in total. The summed E-state index contributed by atoms with van der Waals surface area (Å²) in [5.41, 5.74) is 3.95. The summed E-state index contributed by atoms with van der Waals surface area (Å²) in [6, 6.07) is 15.8. The van der Waals surface area contributed by atoms with E-state index in [1.807, 2.05) is 60.2 Å². The number of carbonyl (C=O) groups is 1. The lowest BCUT2D eigenvalue weighted by Crippen LogP contribution is -2.38. The van der Waals surface area contributed by atoms with Gasteiger partial charge in [0.15, 0.2) is 20.8 Å². The molecule has 0 bridgehead atoms. The Labute approximate surface area is 202 Å². The van der Waals surface area contributed by atoms with Gasteiger partial charge in [0.25, 0.3) is 0 Å². The van der Waals surface area contributed by atoms with Crippen LogP contribution in [0.4, 0.5) is 0 Å². The van der Waals surface area contributed by atoms with Gasteiger partial charge in [-0.2, -0.15) is 0 Å². The van der Waals surface area contributed by atoms with Crippen molar-refractivity contribution in [2.75, 3.05) is 24.3 Å². The van der Waals surface area contributed by atoms with Gasteiger partial charge in [0, 0.05) is 41.4 Å². The summed E-state index contributed by atoms with van der Waals surface area (Å²) in [7, 11) is -1.38. The van der Waals surface area contributed by atoms with Gasteiger partial charge in [0.05, 0.1) is 17.3 Å². The molecule has 1 fully saturated rings. The number of sulfone groups is 1. The van der Waals surface area contributed by atoms with Gasteiger partial charge >= 0.3 is 0 Å². The van der Waals surface area contributed by atoms with E-state index >= 15 is 0 Å². The van der Waals surface area contributed by atoms with Crippen LogP contribution < -0.4 is 0 Å². The van der Waals surface area contributed by atoms with Crippen LogP contribution in [0.15, 0.2) is 59.9 Å². The number of H-pyrrole nitrogens is 1. The number of hydrogen-bond donors (Lipinski definition) is 1. The van der Waals surface area contributed by atoms with Crippen LogP contribution in [0.1, 0.15) is 12.0 Å². The fourth-order valence-corrected chi connectivity index (χ4v) is 6.96. The first-order valence-electron chi connectivity index (χ1n) is 11.0. The smallest absolute Gasteiger partial charge is 0.233 e. The van der Waals surface area contributed by atoms with E-state index in [2.05, 4.69) is 21.2 Å². The minimum Gasteiger partial charge on any atom is -0.360 e. The Balaban J connectivity index is 1.46. The molecule has 3 heterocycles. The van der Waals surface area contributed by atoms with Gasteiger partial charge in [-0.25, -0.2) is 8.42 Å². The highest BCUT2D eigenvalue weighted by Gasteiger charge is 2.33. The molecule has 5 rings (SSSR count). The maximum atomic E-state index is 12.9. The van der Waals surface area contributed by atoms with Crippen molar-refractivity contribution in [2.24, 2.45) is 0 Å². The van der Waals surface area contributed by atoms with Crippen LogP contribution in [0.25, 0.3) is 28.0 Å². The van der Waals surface area contributed by atoms with Crippen molar-refractivity contribution < 1.29 is 13.2 Å². The monoisotopic (exact) mass is 495 g/mol. The van der Waals surface area contributed by atoms with Crippen molar-refractivity contribution >= 4 is 38.4 Å². The highest BCUT2D eigenvalue weighted by Crippen LogP contribution is 2.32. The molecule has 34 heavy (non-hydrogen) atoms. The van der Waals surface area contributed by atoms with Gasteiger partial charge in [-0.15, -0.1) is 10.2 Å². The third kappa shape index (κ3) is 4.35. The summed E-state index contributed by atoms with van der Waals surface area (Å²) in [5, 5.41) is 10.6. The standard InChI is InChI=1S/C24H25N5O3S2/c1-16-6-5-7-17(12-16)29-23(20-13-25-21-9-4-3-8-19(20)21)26-27-24(29)33-14-22(30)28(2)18-10-11-34(31,32)15-18/h3-9,12-13,18,25H,10-11,14-15H2,1-2H3. The quantitative estimate of drug-likeness (QED) is 0.411. The van der Waals surface area contributed by atoms with Crippen LogP contribution in [-0.4, -0.2) is 69.3 Å². The van der Waals surface area contributed by atoms with Gasteiger partial charge in [-0.05, 0) is 37.1 Å². The van der Waals surface area contributed by atoms with Crippen molar-refractivity contribution in [3.05, 3.63) is 60.3 Å².